The van der Waals surface area contributed by atoms with E-state index in [1.807, 2.05) is 19.3 Å². The number of nitrogens with two attached hydrogens (primary N) is 1. The van der Waals surface area contributed by atoms with Crippen LogP contribution in [0.25, 0.3) is 0 Å². The fourth-order valence-corrected chi connectivity index (χ4v) is 2.73. The molecule has 0 radical (unpaired) electrons. The molecule has 1 aromatic heterocycles. The molecule has 0 aliphatic rings. The van der Waals surface area contributed by atoms with Gasteiger partial charge in [-0.15, -0.1) is 0 Å². The van der Waals surface area contributed by atoms with E-state index >= 15 is 0 Å². The van der Waals surface area contributed by atoms with E-state index in [-0.39, 0.29) is 11.9 Å². The lowest BCUT2D eigenvalue weighted by Crippen LogP contribution is -2.08. The topological polar surface area (TPSA) is 43.8 Å². The van der Waals surface area contributed by atoms with E-state index in [0.717, 1.165) is 9.79 Å². The molecule has 0 bridgehead atoms. The van der Waals surface area contributed by atoms with Crippen LogP contribution in [0.1, 0.15) is 18.5 Å². The van der Waals surface area contributed by atoms with Crippen LogP contribution >= 0.6 is 11.8 Å². The van der Waals surface area contributed by atoms with Crippen molar-refractivity contribution >= 4 is 11.8 Å². The fraction of sp³-hybridized carbons (Fsp3) is 0.250. The number of hydrogen-bond acceptors (Lipinski definition) is 3. The second-order valence-electron chi connectivity index (χ2n) is 3.89. The quantitative estimate of drug-likeness (QED) is 0.912. The average molecular weight is 251 g/mol. The number of aromatic nitrogens is 2. The molecule has 90 valence electrons. The molecule has 1 atom stereocenters. The molecule has 0 aliphatic carbocycles. The van der Waals surface area contributed by atoms with Crippen LogP contribution in [0.15, 0.2) is 40.4 Å². The first-order valence-electron chi connectivity index (χ1n) is 5.28. The van der Waals surface area contributed by atoms with Crippen LogP contribution in [0, 0.1) is 5.82 Å². The summed E-state index contributed by atoms with van der Waals surface area (Å²) in [5, 5.41) is 4.08. The van der Waals surface area contributed by atoms with Gasteiger partial charge in [-0.2, -0.15) is 5.10 Å². The summed E-state index contributed by atoms with van der Waals surface area (Å²) in [4.78, 5) is 1.81. The molecule has 5 heteroatoms. The highest BCUT2D eigenvalue weighted by Crippen LogP contribution is 2.33. The second-order valence-corrected chi connectivity index (χ2v) is 5.01. The Hall–Kier alpha value is -1.33. The zero-order chi connectivity index (χ0) is 12.4. The summed E-state index contributed by atoms with van der Waals surface area (Å²) in [6, 6.07) is 4.68. The van der Waals surface area contributed by atoms with Crippen molar-refractivity contribution < 1.29 is 4.39 Å². The van der Waals surface area contributed by atoms with Gasteiger partial charge in [0.2, 0.25) is 0 Å². The van der Waals surface area contributed by atoms with Crippen molar-refractivity contribution in [2.75, 3.05) is 0 Å². The fourth-order valence-electron chi connectivity index (χ4n) is 1.63. The Morgan fingerprint density at radius 3 is 2.82 bits per heavy atom. The molecule has 0 saturated carbocycles. The molecule has 3 nitrogen and oxygen atoms in total. The van der Waals surface area contributed by atoms with Gasteiger partial charge in [-0.25, -0.2) is 4.39 Å². The normalized spacial score (nSPS) is 12.7. The van der Waals surface area contributed by atoms with E-state index in [1.165, 1.54) is 17.8 Å². The van der Waals surface area contributed by atoms with E-state index in [9.17, 15) is 4.39 Å². The average Bonchev–Trinajstić information content (AvgIpc) is 2.63. The minimum absolute atomic E-state index is 0.256. The van der Waals surface area contributed by atoms with Gasteiger partial charge in [0.15, 0.2) is 0 Å². The summed E-state index contributed by atoms with van der Waals surface area (Å²) in [5.74, 6) is -0.256. The highest BCUT2D eigenvalue weighted by molar-refractivity contribution is 7.99. The number of nitrogens with zero attached hydrogens (tertiary/aromatic N) is 2. The SMILES string of the molecule is CC(N)c1c(F)cccc1Sc1cnn(C)c1. The van der Waals surface area contributed by atoms with Gasteiger partial charge in [0.25, 0.3) is 0 Å². The molecule has 0 amide bonds. The summed E-state index contributed by atoms with van der Waals surface area (Å²) in [6.45, 7) is 1.78. The smallest absolute Gasteiger partial charge is 0.129 e. The maximum absolute atomic E-state index is 13.7. The maximum Gasteiger partial charge on any atom is 0.129 e. The van der Waals surface area contributed by atoms with Gasteiger partial charge in [-0.3, -0.25) is 4.68 Å². The van der Waals surface area contributed by atoms with Gasteiger partial charge in [0.05, 0.1) is 11.1 Å². The molecule has 1 unspecified atom stereocenters. The van der Waals surface area contributed by atoms with Crippen molar-refractivity contribution in [1.29, 1.82) is 0 Å². The Balaban J connectivity index is 2.35. The van der Waals surface area contributed by atoms with Crippen molar-refractivity contribution in [2.24, 2.45) is 12.8 Å². The molecule has 0 fully saturated rings. The first kappa shape index (κ1) is 12.1. The third-order valence-electron chi connectivity index (χ3n) is 2.38. The zero-order valence-electron chi connectivity index (χ0n) is 9.72. The van der Waals surface area contributed by atoms with E-state index in [1.54, 1.807) is 23.9 Å². The first-order valence-corrected chi connectivity index (χ1v) is 6.10. The van der Waals surface area contributed by atoms with E-state index in [0.29, 0.717) is 5.56 Å². The van der Waals surface area contributed by atoms with Crippen molar-refractivity contribution in [3.63, 3.8) is 0 Å². The monoisotopic (exact) mass is 251 g/mol. The van der Waals surface area contributed by atoms with Gasteiger partial charge >= 0.3 is 0 Å². The van der Waals surface area contributed by atoms with E-state index < -0.39 is 0 Å². The largest absolute Gasteiger partial charge is 0.324 e. The number of benzene rings is 1. The molecular formula is C12H14FN3S. The summed E-state index contributed by atoms with van der Waals surface area (Å²) in [7, 11) is 1.85. The van der Waals surface area contributed by atoms with E-state index in [2.05, 4.69) is 5.10 Å². The van der Waals surface area contributed by atoms with Gasteiger partial charge in [-0.1, -0.05) is 17.8 Å². The van der Waals surface area contributed by atoms with Gasteiger partial charge in [0, 0.05) is 29.7 Å². The summed E-state index contributed by atoms with van der Waals surface area (Å²) in [6.07, 6.45) is 3.64. The van der Waals surface area contributed by atoms with Crippen LogP contribution in [0.3, 0.4) is 0 Å². The van der Waals surface area contributed by atoms with Crippen LogP contribution in [-0.2, 0) is 7.05 Å². The molecule has 2 rings (SSSR count). The Morgan fingerprint density at radius 1 is 1.47 bits per heavy atom. The number of halogens is 1. The van der Waals surface area contributed by atoms with Crippen molar-refractivity contribution in [2.45, 2.75) is 22.8 Å². The van der Waals surface area contributed by atoms with Crippen LogP contribution in [0.5, 0.6) is 0 Å². The minimum Gasteiger partial charge on any atom is -0.324 e. The highest BCUT2D eigenvalue weighted by Gasteiger charge is 2.13. The number of aryl methyl sites for hydroxylation is 1. The Kier molecular flexibility index (Phi) is 3.49. The zero-order valence-corrected chi connectivity index (χ0v) is 10.5. The van der Waals surface area contributed by atoms with E-state index in [4.69, 9.17) is 5.73 Å². The predicted molar refractivity (Wildman–Crippen MR) is 66.3 cm³/mol. The van der Waals surface area contributed by atoms with Crippen molar-refractivity contribution in [3.05, 3.63) is 42.0 Å². The maximum atomic E-state index is 13.7. The van der Waals surface area contributed by atoms with Gasteiger partial charge in [0.1, 0.15) is 5.82 Å². The molecule has 0 aliphatic heterocycles. The molecule has 0 spiro atoms. The van der Waals surface area contributed by atoms with Crippen LogP contribution in [0.2, 0.25) is 0 Å². The lowest BCUT2D eigenvalue weighted by Gasteiger charge is -2.12. The molecule has 0 saturated heterocycles. The lowest BCUT2D eigenvalue weighted by atomic mass is 10.1. The molecule has 17 heavy (non-hydrogen) atoms. The second kappa shape index (κ2) is 4.89. The summed E-state index contributed by atoms with van der Waals surface area (Å²) >= 11 is 1.47. The van der Waals surface area contributed by atoms with Crippen LogP contribution < -0.4 is 5.73 Å². The van der Waals surface area contributed by atoms with Gasteiger partial charge in [-0.05, 0) is 19.1 Å². The van der Waals surface area contributed by atoms with Crippen molar-refractivity contribution in [1.82, 2.24) is 9.78 Å². The number of rotatable bonds is 3. The van der Waals surface area contributed by atoms with Crippen LogP contribution in [0.4, 0.5) is 4.39 Å². The Bertz CT molecular complexity index is 522. The van der Waals surface area contributed by atoms with Crippen molar-refractivity contribution in [3.8, 4) is 0 Å². The first-order chi connectivity index (χ1) is 8.08. The minimum atomic E-state index is -0.324. The lowest BCUT2D eigenvalue weighted by molar-refractivity contribution is 0.585. The molecule has 1 aromatic carbocycles. The summed E-state index contributed by atoms with van der Waals surface area (Å²) in [5.41, 5.74) is 6.36. The number of hydrogen-bond donors (Lipinski definition) is 1. The third kappa shape index (κ3) is 2.68. The molecule has 1 heterocycles. The summed E-state index contributed by atoms with van der Waals surface area (Å²) < 4.78 is 15.4. The highest BCUT2D eigenvalue weighted by atomic mass is 32.2. The van der Waals surface area contributed by atoms with Gasteiger partial charge < -0.3 is 5.73 Å². The molecule has 2 N–H and O–H groups in total. The van der Waals surface area contributed by atoms with Crippen LogP contribution in [-0.4, -0.2) is 9.78 Å². The molecule has 2 aromatic rings. The molecular weight excluding hydrogens is 237 g/mol. The Morgan fingerprint density at radius 2 is 2.24 bits per heavy atom. The standard InChI is InChI=1S/C12H14FN3S/c1-8(14)12-10(13)4-3-5-11(12)17-9-6-15-16(2)7-9/h3-8H,14H2,1-2H3. The predicted octanol–water partition coefficient (Wildman–Crippen LogP) is 2.73. The third-order valence-corrected chi connectivity index (χ3v) is 3.40. The Labute approximate surface area is 104 Å².